The van der Waals surface area contributed by atoms with Crippen molar-refractivity contribution in [3.05, 3.63) is 42.5 Å². The first-order valence-corrected chi connectivity index (χ1v) is 5.81. The summed E-state index contributed by atoms with van der Waals surface area (Å²) in [7, 11) is 4.74. The SMILES string of the molecule is COc1cc(OC)c(Oc2ccccc2)cc1OC. The molecule has 0 radical (unpaired) electrons. The first kappa shape index (κ1) is 13.1. The number of hydrogen-bond acceptors (Lipinski definition) is 4. The molecule has 0 saturated carbocycles. The maximum atomic E-state index is 5.78. The zero-order valence-corrected chi connectivity index (χ0v) is 11.2. The summed E-state index contributed by atoms with van der Waals surface area (Å²) in [5.74, 6) is 3.08. The third kappa shape index (κ3) is 2.91. The van der Waals surface area contributed by atoms with Crippen LogP contribution in [0.5, 0.6) is 28.7 Å². The third-order valence-electron chi connectivity index (χ3n) is 2.64. The Labute approximate surface area is 112 Å². The molecule has 4 heteroatoms. The fourth-order valence-electron chi connectivity index (χ4n) is 1.70. The number of benzene rings is 2. The van der Waals surface area contributed by atoms with Crippen LogP contribution in [-0.2, 0) is 0 Å². The molecule has 0 amide bonds. The zero-order valence-electron chi connectivity index (χ0n) is 11.2. The van der Waals surface area contributed by atoms with Gasteiger partial charge in [0.25, 0.3) is 0 Å². The van der Waals surface area contributed by atoms with Crippen molar-refractivity contribution in [2.75, 3.05) is 21.3 Å². The molecule has 0 aliphatic carbocycles. The molecule has 0 fully saturated rings. The topological polar surface area (TPSA) is 36.9 Å². The highest BCUT2D eigenvalue weighted by Gasteiger charge is 2.13. The van der Waals surface area contributed by atoms with Crippen LogP contribution in [0.2, 0.25) is 0 Å². The second-order valence-corrected chi connectivity index (χ2v) is 3.77. The maximum absolute atomic E-state index is 5.78. The number of hydrogen-bond donors (Lipinski definition) is 0. The van der Waals surface area contributed by atoms with E-state index in [4.69, 9.17) is 18.9 Å². The molecule has 0 spiro atoms. The van der Waals surface area contributed by atoms with Crippen molar-refractivity contribution in [3.63, 3.8) is 0 Å². The zero-order chi connectivity index (χ0) is 13.7. The second-order valence-electron chi connectivity index (χ2n) is 3.77. The minimum atomic E-state index is 0.575. The van der Waals surface area contributed by atoms with E-state index in [1.54, 1.807) is 33.5 Å². The van der Waals surface area contributed by atoms with Gasteiger partial charge in [-0.2, -0.15) is 0 Å². The van der Waals surface area contributed by atoms with Gasteiger partial charge in [-0.25, -0.2) is 0 Å². The van der Waals surface area contributed by atoms with Crippen molar-refractivity contribution >= 4 is 0 Å². The molecule has 4 nitrogen and oxygen atoms in total. The number of methoxy groups -OCH3 is 3. The highest BCUT2D eigenvalue weighted by atomic mass is 16.5. The molecule has 19 heavy (non-hydrogen) atoms. The standard InChI is InChI=1S/C15H16O4/c1-16-12-9-14(18-3)15(10-13(12)17-2)19-11-7-5-4-6-8-11/h4-10H,1-3H3. The van der Waals surface area contributed by atoms with Crippen LogP contribution in [0.4, 0.5) is 0 Å². The maximum Gasteiger partial charge on any atom is 0.173 e. The Morgan fingerprint density at radius 3 is 1.63 bits per heavy atom. The molecule has 0 aliphatic heterocycles. The Kier molecular flexibility index (Phi) is 4.13. The Morgan fingerprint density at radius 1 is 0.632 bits per heavy atom. The molecular formula is C15H16O4. The average Bonchev–Trinajstić information content (AvgIpc) is 2.47. The molecule has 0 atom stereocenters. The van der Waals surface area contributed by atoms with Gasteiger partial charge in [0, 0.05) is 12.1 Å². The Hall–Kier alpha value is -2.36. The van der Waals surface area contributed by atoms with Crippen LogP contribution in [0.25, 0.3) is 0 Å². The van der Waals surface area contributed by atoms with Crippen molar-refractivity contribution in [2.24, 2.45) is 0 Å². The van der Waals surface area contributed by atoms with E-state index in [1.165, 1.54) is 0 Å². The first-order chi connectivity index (χ1) is 9.28. The van der Waals surface area contributed by atoms with E-state index in [2.05, 4.69) is 0 Å². The van der Waals surface area contributed by atoms with E-state index in [-0.39, 0.29) is 0 Å². The highest BCUT2D eigenvalue weighted by Crippen LogP contribution is 2.41. The van der Waals surface area contributed by atoms with Crippen LogP contribution >= 0.6 is 0 Å². The summed E-state index contributed by atoms with van der Waals surface area (Å²) in [4.78, 5) is 0. The summed E-state index contributed by atoms with van der Waals surface area (Å²) >= 11 is 0. The summed E-state index contributed by atoms with van der Waals surface area (Å²) in [6, 6.07) is 13.0. The Morgan fingerprint density at radius 2 is 1.11 bits per heavy atom. The lowest BCUT2D eigenvalue weighted by Crippen LogP contribution is -1.95. The summed E-state index contributed by atoms with van der Waals surface area (Å²) in [6.45, 7) is 0. The van der Waals surface area contributed by atoms with Gasteiger partial charge in [0.2, 0.25) is 0 Å². The van der Waals surface area contributed by atoms with E-state index in [0.717, 1.165) is 5.75 Å². The highest BCUT2D eigenvalue weighted by molar-refractivity contribution is 5.55. The summed E-state index contributed by atoms with van der Waals surface area (Å²) in [5, 5.41) is 0. The third-order valence-corrected chi connectivity index (χ3v) is 2.64. The molecule has 0 heterocycles. The molecule has 0 N–H and O–H groups in total. The van der Waals surface area contributed by atoms with Crippen LogP contribution < -0.4 is 18.9 Å². The second kappa shape index (κ2) is 6.00. The van der Waals surface area contributed by atoms with Gasteiger partial charge in [0.1, 0.15) is 5.75 Å². The molecule has 0 bridgehead atoms. The number of para-hydroxylation sites is 1. The molecule has 0 aromatic heterocycles. The van der Waals surface area contributed by atoms with E-state index in [9.17, 15) is 0 Å². The van der Waals surface area contributed by atoms with Gasteiger partial charge >= 0.3 is 0 Å². The van der Waals surface area contributed by atoms with E-state index < -0.39 is 0 Å². The number of rotatable bonds is 5. The van der Waals surface area contributed by atoms with Crippen molar-refractivity contribution in [1.82, 2.24) is 0 Å². The summed E-state index contributed by atoms with van der Waals surface area (Å²) in [5.41, 5.74) is 0. The average molecular weight is 260 g/mol. The minimum Gasteiger partial charge on any atom is -0.493 e. The number of ether oxygens (including phenoxy) is 4. The quantitative estimate of drug-likeness (QED) is 0.824. The molecule has 100 valence electrons. The van der Waals surface area contributed by atoms with Gasteiger partial charge < -0.3 is 18.9 Å². The van der Waals surface area contributed by atoms with Gasteiger partial charge in [-0.05, 0) is 12.1 Å². The van der Waals surface area contributed by atoms with Crippen molar-refractivity contribution in [2.45, 2.75) is 0 Å². The molecule has 0 saturated heterocycles. The minimum absolute atomic E-state index is 0.575. The van der Waals surface area contributed by atoms with E-state index in [0.29, 0.717) is 23.0 Å². The van der Waals surface area contributed by atoms with Crippen LogP contribution in [0, 0.1) is 0 Å². The smallest absolute Gasteiger partial charge is 0.173 e. The van der Waals surface area contributed by atoms with E-state index >= 15 is 0 Å². The van der Waals surface area contributed by atoms with Crippen LogP contribution in [0.1, 0.15) is 0 Å². The van der Waals surface area contributed by atoms with Gasteiger partial charge in [-0.1, -0.05) is 18.2 Å². The van der Waals surface area contributed by atoms with Crippen LogP contribution in [0.15, 0.2) is 42.5 Å². The van der Waals surface area contributed by atoms with Gasteiger partial charge in [-0.3, -0.25) is 0 Å². The summed E-state index contributed by atoms with van der Waals surface area (Å²) in [6.07, 6.45) is 0. The van der Waals surface area contributed by atoms with Gasteiger partial charge in [0.05, 0.1) is 21.3 Å². The fourth-order valence-corrected chi connectivity index (χ4v) is 1.70. The fraction of sp³-hybridized carbons (Fsp3) is 0.200. The lowest BCUT2D eigenvalue weighted by Gasteiger charge is -2.14. The van der Waals surface area contributed by atoms with Gasteiger partial charge in [0.15, 0.2) is 23.0 Å². The van der Waals surface area contributed by atoms with Crippen LogP contribution in [0.3, 0.4) is 0 Å². The predicted molar refractivity (Wildman–Crippen MR) is 72.6 cm³/mol. The molecule has 2 rings (SSSR count). The molecular weight excluding hydrogens is 244 g/mol. The monoisotopic (exact) mass is 260 g/mol. The Balaban J connectivity index is 2.38. The van der Waals surface area contributed by atoms with Crippen LogP contribution in [-0.4, -0.2) is 21.3 Å². The van der Waals surface area contributed by atoms with E-state index in [1.807, 2.05) is 30.3 Å². The molecule has 2 aromatic rings. The lowest BCUT2D eigenvalue weighted by atomic mass is 10.2. The van der Waals surface area contributed by atoms with Crippen molar-refractivity contribution in [3.8, 4) is 28.7 Å². The van der Waals surface area contributed by atoms with Crippen molar-refractivity contribution < 1.29 is 18.9 Å². The Bertz CT molecular complexity index is 537. The molecule has 2 aromatic carbocycles. The molecule has 0 aliphatic rings. The largest absolute Gasteiger partial charge is 0.493 e. The van der Waals surface area contributed by atoms with Gasteiger partial charge in [-0.15, -0.1) is 0 Å². The molecule has 0 unspecified atom stereocenters. The summed E-state index contributed by atoms with van der Waals surface area (Å²) < 4.78 is 21.6. The van der Waals surface area contributed by atoms with Crippen molar-refractivity contribution in [1.29, 1.82) is 0 Å². The first-order valence-electron chi connectivity index (χ1n) is 5.81. The normalized spacial score (nSPS) is 9.84. The predicted octanol–water partition coefficient (Wildman–Crippen LogP) is 3.50. The lowest BCUT2D eigenvalue weighted by molar-refractivity contribution is 0.338.